The van der Waals surface area contributed by atoms with Gasteiger partial charge < -0.3 is 9.80 Å². The van der Waals surface area contributed by atoms with Crippen molar-refractivity contribution in [2.45, 2.75) is 43.5 Å². The van der Waals surface area contributed by atoms with Crippen LogP contribution in [0.3, 0.4) is 0 Å². The molecular weight excluding hydrogens is 440 g/mol. The first-order valence-corrected chi connectivity index (χ1v) is 12.9. The Balaban J connectivity index is 1.30. The third-order valence-corrected chi connectivity index (χ3v) is 8.26. The van der Waals surface area contributed by atoms with Gasteiger partial charge in [0.15, 0.2) is 0 Å². The van der Waals surface area contributed by atoms with Crippen molar-refractivity contribution in [3.05, 3.63) is 53.6 Å². The van der Waals surface area contributed by atoms with E-state index in [1.807, 2.05) is 29.2 Å². The summed E-state index contributed by atoms with van der Waals surface area (Å²) in [5.41, 5.74) is 3.53. The van der Waals surface area contributed by atoms with Gasteiger partial charge in [-0.25, -0.2) is 13.2 Å². The lowest BCUT2D eigenvalue weighted by Gasteiger charge is -2.24. The molecule has 3 amide bonds. The second-order valence-corrected chi connectivity index (χ2v) is 10.6. The number of benzene rings is 2. The zero-order valence-corrected chi connectivity index (χ0v) is 19.5. The monoisotopic (exact) mass is 468 g/mol. The minimum atomic E-state index is -3.90. The minimum Gasteiger partial charge on any atom is -0.324 e. The van der Waals surface area contributed by atoms with Gasteiger partial charge in [-0.3, -0.25) is 9.69 Å². The Morgan fingerprint density at radius 2 is 1.55 bits per heavy atom. The lowest BCUT2D eigenvalue weighted by Crippen LogP contribution is -2.46. The highest BCUT2D eigenvalue weighted by Crippen LogP contribution is 2.32. The number of hydrogen-bond acceptors (Lipinski definition) is 4. The van der Waals surface area contributed by atoms with Crippen LogP contribution in [0.15, 0.2) is 47.4 Å². The summed E-state index contributed by atoms with van der Waals surface area (Å²) in [5, 5.41) is 0. The molecule has 33 heavy (non-hydrogen) atoms. The number of likely N-dealkylation sites (tertiary alicyclic amines) is 1. The summed E-state index contributed by atoms with van der Waals surface area (Å²) in [6.45, 7) is 4.21. The average Bonchev–Trinajstić information content (AvgIpc) is 3.57. The number of para-hydroxylation sites is 1. The van der Waals surface area contributed by atoms with Gasteiger partial charge >= 0.3 is 6.03 Å². The molecule has 3 aliphatic rings. The van der Waals surface area contributed by atoms with E-state index in [4.69, 9.17) is 0 Å². The Morgan fingerprint density at radius 1 is 0.879 bits per heavy atom. The van der Waals surface area contributed by atoms with E-state index in [1.165, 1.54) is 6.07 Å². The van der Waals surface area contributed by atoms with Crippen LogP contribution in [0.5, 0.6) is 0 Å². The predicted octanol–water partition coefficient (Wildman–Crippen LogP) is 2.52. The largest absolute Gasteiger partial charge is 0.324 e. The fraction of sp³-hybridized carbons (Fsp3) is 0.417. The van der Waals surface area contributed by atoms with Gasteiger partial charge in [0.25, 0.3) is 0 Å². The van der Waals surface area contributed by atoms with Gasteiger partial charge in [0.05, 0.1) is 10.9 Å². The highest BCUT2D eigenvalue weighted by molar-refractivity contribution is 7.89. The molecule has 9 heteroatoms. The van der Waals surface area contributed by atoms with Crippen molar-refractivity contribution >= 4 is 33.3 Å². The smallest absolute Gasteiger partial charge is 0.324 e. The van der Waals surface area contributed by atoms with E-state index in [9.17, 15) is 18.0 Å². The van der Waals surface area contributed by atoms with Crippen molar-refractivity contribution in [2.24, 2.45) is 0 Å². The maximum Gasteiger partial charge on any atom is 0.324 e. The van der Waals surface area contributed by atoms with Crippen LogP contribution in [0.25, 0.3) is 0 Å². The first-order valence-electron chi connectivity index (χ1n) is 11.5. The molecule has 3 aliphatic heterocycles. The van der Waals surface area contributed by atoms with Gasteiger partial charge in [-0.1, -0.05) is 18.2 Å². The Hall–Kier alpha value is -2.91. The molecule has 0 saturated carbocycles. The fourth-order valence-electron chi connectivity index (χ4n) is 4.98. The number of amides is 3. The van der Waals surface area contributed by atoms with Gasteiger partial charge in [-0.05, 0) is 68.0 Å². The number of urea groups is 1. The first-order chi connectivity index (χ1) is 15.8. The molecule has 2 aromatic carbocycles. The molecule has 0 unspecified atom stereocenters. The maximum atomic E-state index is 13.1. The van der Waals surface area contributed by atoms with E-state index in [-0.39, 0.29) is 16.8 Å². The molecule has 1 N–H and O–H groups in total. The molecule has 0 radical (unpaired) electrons. The Morgan fingerprint density at radius 3 is 2.33 bits per heavy atom. The van der Waals surface area contributed by atoms with E-state index < -0.39 is 16.1 Å². The molecule has 1 atom stereocenters. The Kier molecular flexibility index (Phi) is 5.62. The van der Waals surface area contributed by atoms with Crippen LogP contribution in [-0.2, 0) is 27.7 Å². The van der Waals surface area contributed by atoms with Crippen LogP contribution < -0.4 is 14.5 Å². The van der Waals surface area contributed by atoms with Gasteiger partial charge in [-0.15, -0.1) is 0 Å². The molecule has 5 rings (SSSR count). The summed E-state index contributed by atoms with van der Waals surface area (Å²) in [5.74, 6) is -0.271. The number of fused-ring (bicyclic) bond motifs is 2. The third kappa shape index (κ3) is 4.00. The Bertz CT molecular complexity index is 1210. The summed E-state index contributed by atoms with van der Waals surface area (Å²) in [6, 6.07) is 11.6. The Labute approximate surface area is 194 Å². The molecule has 0 aliphatic carbocycles. The van der Waals surface area contributed by atoms with Crippen molar-refractivity contribution < 1.29 is 18.0 Å². The summed E-state index contributed by atoms with van der Waals surface area (Å²) in [6.07, 6.45) is 3.42. The number of carbonyl (C=O) groups is 2. The summed E-state index contributed by atoms with van der Waals surface area (Å²) < 4.78 is 28.7. The molecule has 1 fully saturated rings. The van der Waals surface area contributed by atoms with Gasteiger partial charge in [0, 0.05) is 37.6 Å². The first kappa shape index (κ1) is 21.9. The van der Waals surface area contributed by atoms with Crippen LogP contribution >= 0.6 is 0 Å². The zero-order valence-electron chi connectivity index (χ0n) is 18.7. The molecule has 0 spiro atoms. The SMILES string of the molecule is C[C@H](NS(=O)(=O)c1ccc2c(c1)CCN2C(=O)N1CCCC1)C(=O)N1CCc2ccccc21. The molecule has 174 valence electrons. The number of sulfonamides is 1. The molecule has 8 nitrogen and oxygen atoms in total. The van der Waals surface area contributed by atoms with E-state index in [0.29, 0.717) is 19.5 Å². The lowest BCUT2D eigenvalue weighted by atomic mass is 10.2. The van der Waals surface area contributed by atoms with Crippen molar-refractivity contribution in [3.8, 4) is 0 Å². The second-order valence-electron chi connectivity index (χ2n) is 8.88. The van der Waals surface area contributed by atoms with Crippen LogP contribution in [0.2, 0.25) is 0 Å². The van der Waals surface area contributed by atoms with E-state index in [1.54, 1.807) is 28.9 Å². The van der Waals surface area contributed by atoms with Crippen molar-refractivity contribution in [2.75, 3.05) is 36.0 Å². The molecule has 0 aromatic heterocycles. The van der Waals surface area contributed by atoms with Gasteiger partial charge in [0.2, 0.25) is 15.9 Å². The van der Waals surface area contributed by atoms with E-state index in [0.717, 1.165) is 54.9 Å². The molecule has 0 bridgehead atoms. The van der Waals surface area contributed by atoms with Crippen LogP contribution in [0, 0.1) is 0 Å². The van der Waals surface area contributed by atoms with Crippen molar-refractivity contribution in [1.82, 2.24) is 9.62 Å². The average molecular weight is 469 g/mol. The van der Waals surface area contributed by atoms with E-state index in [2.05, 4.69) is 4.72 Å². The highest BCUT2D eigenvalue weighted by Gasteiger charge is 2.33. The summed E-state index contributed by atoms with van der Waals surface area (Å²) in [7, 11) is -3.90. The number of nitrogens with one attached hydrogen (secondary N) is 1. The van der Waals surface area contributed by atoms with Crippen molar-refractivity contribution in [3.63, 3.8) is 0 Å². The molecule has 1 saturated heterocycles. The van der Waals surface area contributed by atoms with Crippen molar-refractivity contribution in [1.29, 1.82) is 0 Å². The number of hydrogen-bond donors (Lipinski definition) is 1. The minimum absolute atomic E-state index is 0.00917. The number of rotatable bonds is 4. The second kappa shape index (κ2) is 8.46. The fourth-order valence-corrected chi connectivity index (χ4v) is 6.22. The standard InChI is InChI=1S/C24H28N4O4S/c1-17(23(29)27-14-10-18-6-2-3-7-21(18)27)25-33(31,32)20-8-9-22-19(16-20)11-15-28(22)24(30)26-12-4-5-13-26/h2-3,6-9,16-17,25H,4-5,10-15H2,1H3/t17-/m0/s1. The van der Waals surface area contributed by atoms with Gasteiger partial charge in [0.1, 0.15) is 0 Å². The number of anilines is 2. The highest BCUT2D eigenvalue weighted by atomic mass is 32.2. The quantitative estimate of drug-likeness (QED) is 0.747. The topological polar surface area (TPSA) is 90.0 Å². The molecule has 3 heterocycles. The van der Waals surface area contributed by atoms with Crippen LogP contribution in [0.1, 0.15) is 30.9 Å². The van der Waals surface area contributed by atoms with Crippen LogP contribution in [-0.4, -0.2) is 57.5 Å². The maximum absolute atomic E-state index is 13.1. The summed E-state index contributed by atoms with van der Waals surface area (Å²) in [4.78, 5) is 31.1. The van der Waals surface area contributed by atoms with Gasteiger partial charge in [-0.2, -0.15) is 4.72 Å². The third-order valence-electron chi connectivity index (χ3n) is 6.72. The summed E-state index contributed by atoms with van der Waals surface area (Å²) >= 11 is 0. The molecular formula is C24H28N4O4S. The number of nitrogens with zero attached hydrogens (tertiary/aromatic N) is 3. The molecule has 2 aromatic rings. The zero-order chi connectivity index (χ0) is 23.2. The number of carbonyl (C=O) groups excluding carboxylic acids is 2. The van der Waals surface area contributed by atoms with E-state index >= 15 is 0 Å². The predicted molar refractivity (Wildman–Crippen MR) is 126 cm³/mol. The lowest BCUT2D eigenvalue weighted by molar-refractivity contribution is -0.119. The normalized spacial score (nSPS) is 18.4. The van der Waals surface area contributed by atoms with Crippen LogP contribution in [0.4, 0.5) is 16.2 Å².